The average molecular weight is 256 g/mol. The second-order valence-electron chi connectivity index (χ2n) is 3.76. The van der Waals surface area contributed by atoms with Crippen LogP contribution in [0, 0.1) is 0 Å². The van der Waals surface area contributed by atoms with E-state index in [-0.39, 0.29) is 5.75 Å². The van der Waals surface area contributed by atoms with Gasteiger partial charge in [0.2, 0.25) is 5.91 Å². The zero-order chi connectivity index (χ0) is 12.9. The smallest absolute Gasteiger partial charge is 0.239 e. The van der Waals surface area contributed by atoms with Gasteiger partial charge >= 0.3 is 0 Å². The van der Waals surface area contributed by atoms with Gasteiger partial charge in [0.1, 0.15) is 5.75 Å². The van der Waals surface area contributed by atoms with Gasteiger partial charge in [0.25, 0.3) is 0 Å². The van der Waals surface area contributed by atoms with Crippen molar-refractivity contribution in [2.24, 2.45) is 0 Å². The van der Waals surface area contributed by atoms with Crippen molar-refractivity contribution in [1.82, 2.24) is 0 Å². The minimum Gasteiger partial charge on any atom is -0.399 e. The second kappa shape index (κ2) is 5.67. The Balaban J connectivity index is 2.59. The molecule has 0 saturated carbocycles. The first kappa shape index (κ1) is 13.5. The molecule has 1 rings (SSSR count). The van der Waals surface area contributed by atoms with Crippen LogP contribution in [0.4, 0.5) is 11.4 Å². The van der Waals surface area contributed by atoms with Crippen LogP contribution in [0.15, 0.2) is 24.3 Å². The van der Waals surface area contributed by atoms with Crippen molar-refractivity contribution >= 4 is 27.1 Å². The Labute approximate surface area is 101 Å². The van der Waals surface area contributed by atoms with E-state index in [9.17, 15) is 13.2 Å². The minimum atomic E-state index is -3.30. The summed E-state index contributed by atoms with van der Waals surface area (Å²) in [4.78, 5) is 11.5. The Morgan fingerprint density at radius 3 is 2.41 bits per heavy atom. The van der Waals surface area contributed by atoms with Gasteiger partial charge in [-0.25, -0.2) is 8.42 Å². The molecule has 0 spiro atoms. The van der Waals surface area contributed by atoms with Crippen LogP contribution in [-0.4, -0.2) is 25.8 Å². The van der Waals surface area contributed by atoms with Gasteiger partial charge in [-0.05, 0) is 30.7 Å². The van der Waals surface area contributed by atoms with Crippen molar-refractivity contribution in [2.45, 2.75) is 13.3 Å². The Morgan fingerprint density at radius 1 is 1.29 bits per heavy atom. The highest BCUT2D eigenvalue weighted by molar-refractivity contribution is 7.92. The molecule has 6 heteroatoms. The molecule has 3 N–H and O–H groups in total. The molecular formula is C11H16N2O3S. The molecule has 5 nitrogen and oxygen atoms in total. The van der Waals surface area contributed by atoms with Gasteiger partial charge in [0.15, 0.2) is 9.84 Å². The van der Waals surface area contributed by atoms with Crippen LogP contribution in [-0.2, 0) is 14.6 Å². The molecule has 1 amide bonds. The Morgan fingerprint density at radius 2 is 1.88 bits per heavy atom. The number of carbonyl (C=O) groups is 1. The first-order chi connectivity index (χ1) is 7.93. The van der Waals surface area contributed by atoms with Gasteiger partial charge in [0, 0.05) is 11.4 Å². The number of carbonyl (C=O) groups excluding carboxylic acids is 1. The first-order valence-electron chi connectivity index (χ1n) is 5.29. The molecule has 0 aliphatic carbocycles. The largest absolute Gasteiger partial charge is 0.399 e. The minimum absolute atomic E-state index is 0.0299. The molecule has 0 saturated heterocycles. The van der Waals surface area contributed by atoms with Crippen molar-refractivity contribution in [3.63, 3.8) is 0 Å². The summed E-state index contributed by atoms with van der Waals surface area (Å²) in [6.45, 7) is 1.76. The predicted octanol–water partition coefficient (Wildman–Crippen LogP) is 1.03. The highest BCUT2D eigenvalue weighted by Crippen LogP contribution is 2.10. The quantitative estimate of drug-likeness (QED) is 0.770. The molecule has 0 unspecified atom stereocenters. The van der Waals surface area contributed by atoms with Crippen LogP contribution in [0.25, 0.3) is 0 Å². The Kier molecular flexibility index (Phi) is 4.51. The van der Waals surface area contributed by atoms with Crippen molar-refractivity contribution in [3.8, 4) is 0 Å². The van der Waals surface area contributed by atoms with E-state index >= 15 is 0 Å². The summed E-state index contributed by atoms with van der Waals surface area (Å²) in [5.41, 5.74) is 6.61. The molecule has 0 atom stereocenters. The first-order valence-corrected chi connectivity index (χ1v) is 7.11. The molecule has 0 aliphatic rings. The third-order valence-corrected chi connectivity index (χ3v) is 3.79. The molecule has 0 heterocycles. The topological polar surface area (TPSA) is 89.3 Å². The van der Waals surface area contributed by atoms with E-state index in [1.54, 1.807) is 31.2 Å². The van der Waals surface area contributed by atoms with Gasteiger partial charge in [0.05, 0.1) is 5.75 Å². The molecular weight excluding hydrogens is 240 g/mol. The lowest BCUT2D eigenvalue weighted by Crippen LogP contribution is -2.24. The average Bonchev–Trinajstić information content (AvgIpc) is 2.20. The molecule has 0 bridgehead atoms. The number of anilines is 2. The maximum Gasteiger partial charge on any atom is 0.239 e. The van der Waals surface area contributed by atoms with Crippen molar-refractivity contribution < 1.29 is 13.2 Å². The number of hydrogen-bond acceptors (Lipinski definition) is 4. The molecule has 17 heavy (non-hydrogen) atoms. The predicted molar refractivity (Wildman–Crippen MR) is 68.4 cm³/mol. The van der Waals surface area contributed by atoms with Crippen molar-refractivity contribution in [1.29, 1.82) is 0 Å². The SMILES string of the molecule is CCCS(=O)(=O)CC(=O)Nc1ccc(N)cc1. The number of benzene rings is 1. The summed E-state index contributed by atoms with van der Waals surface area (Å²) < 4.78 is 22.8. The molecule has 0 aliphatic heterocycles. The monoisotopic (exact) mass is 256 g/mol. The van der Waals surface area contributed by atoms with Crippen LogP contribution in [0.1, 0.15) is 13.3 Å². The zero-order valence-corrected chi connectivity index (χ0v) is 10.5. The van der Waals surface area contributed by atoms with E-state index in [0.717, 1.165) is 0 Å². The maximum absolute atomic E-state index is 11.5. The van der Waals surface area contributed by atoms with Gasteiger partial charge in [-0.2, -0.15) is 0 Å². The third-order valence-electron chi connectivity index (χ3n) is 2.06. The maximum atomic E-state index is 11.5. The van der Waals surface area contributed by atoms with Crippen LogP contribution in [0.2, 0.25) is 0 Å². The highest BCUT2D eigenvalue weighted by atomic mass is 32.2. The number of sulfone groups is 1. The fraction of sp³-hybridized carbons (Fsp3) is 0.364. The number of nitrogen functional groups attached to an aromatic ring is 1. The summed E-state index contributed by atoms with van der Waals surface area (Å²) in [5.74, 6) is -0.976. The number of rotatable bonds is 5. The number of amides is 1. The van der Waals surface area contributed by atoms with Gasteiger partial charge < -0.3 is 11.1 Å². The normalized spacial score (nSPS) is 11.1. The van der Waals surface area contributed by atoms with Gasteiger partial charge in [-0.15, -0.1) is 0 Å². The summed E-state index contributed by atoms with van der Waals surface area (Å²) in [7, 11) is -3.30. The lowest BCUT2D eigenvalue weighted by molar-refractivity contribution is -0.113. The van der Waals surface area contributed by atoms with Gasteiger partial charge in [-0.1, -0.05) is 6.92 Å². The summed E-state index contributed by atoms with van der Waals surface area (Å²) in [5, 5.41) is 2.51. The van der Waals surface area contributed by atoms with Gasteiger partial charge in [-0.3, -0.25) is 4.79 Å². The van der Waals surface area contributed by atoms with E-state index in [4.69, 9.17) is 5.73 Å². The number of nitrogens with one attached hydrogen (secondary N) is 1. The molecule has 1 aromatic rings. The number of nitrogens with two attached hydrogens (primary N) is 1. The Hall–Kier alpha value is -1.56. The standard InChI is InChI=1S/C11H16N2O3S/c1-2-7-17(15,16)8-11(14)13-10-5-3-9(12)4-6-10/h3-6H,2,7-8,12H2,1H3,(H,13,14). The van der Waals surface area contributed by atoms with Crippen molar-refractivity contribution in [2.75, 3.05) is 22.6 Å². The summed E-state index contributed by atoms with van der Waals surface area (Å²) in [6, 6.07) is 6.52. The summed E-state index contributed by atoms with van der Waals surface area (Å²) >= 11 is 0. The fourth-order valence-corrected chi connectivity index (χ4v) is 2.58. The van der Waals surface area contributed by atoms with Crippen molar-refractivity contribution in [3.05, 3.63) is 24.3 Å². The van der Waals surface area contributed by atoms with Crippen LogP contribution in [0.5, 0.6) is 0 Å². The lowest BCUT2D eigenvalue weighted by Gasteiger charge is -2.05. The molecule has 1 aromatic carbocycles. The zero-order valence-electron chi connectivity index (χ0n) is 9.64. The van der Waals surface area contributed by atoms with Crippen LogP contribution >= 0.6 is 0 Å². The second-order valence-corrected chi connectivity index (χ2v) is 5.95. The lowest BCUT2D eigenvalue weighted by atomic mass is 10.3. The fourth-order valence-electron chi connectivity index (χ4n) is 1.35. The van der Waals surface area contributed by atoms with E-state index in [1.165, 1.54) is 0 Å². The molecule has 0 fully saturated rings. The highest BCUT2D eigenvalue weighted by Gasteiger charge is 2.15. The van der Waals surface area contributed by atoms with Crippen LogP contribution in [0.3, 0.4) is 0 Å². The van der Waals surface area contributed by atoms with E-state index in [2.05, 4.69) is 5.32 Å². The summed E-state index contributed by atoms with van der Waals surface area (Å²) in [6.07, 6.45) is 0.511. The molecule has 94 valence electrons. The van der Waals surface area contributed by atoms with E-state index < -0.39 is 21.5 Å². The Bertz CT molecular complexity index is 480. The number of hydrogen-bond donors (Lipinski definition) is 2. The van der Waals surface area contributed by atoms with Crippen LogP contribution < -0.4 is 11.1 Å². The molecule has 0 aromatic heterocycles. The third kappa shape index (κ3) is 4.86. The van der Waals surface area contributed by atoms with E-state index in [0.29, 0.717) is 17.8 Å². The molecule has 0 radical (unpaired) electrons. The van der Waals surface area contributed by atoms with E-state index in [1.807, 2.05) is 0 Å².